The number of unbranched alkanes of at least 4 members (excludes halogenated alkanes) is 10. The number of rotatable bonds is 20. The van der Waals surface area contributed by atoms with Gasteiger partial charge in [0.2, 0.25) is 0 Å². The molecule has 47 heavy (non-hydrogen) atoms. The maximum absolute atomic E-state index is 2.32. The van der Waals surface area contributed by atoms with Crippen molar-refractivity contribution in [2.75, 3.05) is 0 Å². The first-order valence-corrected chi connectivity index (χ1v) is 18.7. The van der Waals surface area contributed by atoms with Crippen LogP contribution in [0.25, 0.3) is 24.3 Å². The van der Waals surface area contributed by atoms with Gasteiger partial charge in [-0.1, -0.05) is 213 Å². The van der Waals surface area contributed by atoms with Crippen molar-refractivity contribution < 1.29 is 0 Å². The second-order valence-corrected chi connectivity index (χ2v) is 14.1. The molecule has 0 bridgehead atoms. The van der Waals surface area contributed by atoms with Gasteiger partial charge in [-0.2, -0.15) is 0 Å². The molecule has 248 valence electrons. The lowest BCUT2D eigenvalue weighted by atomic mass is 9.78. The third-order valence-corrected chi connectivity index (χ3v) is 9.80. The fourth-order valence-corrected chi connectivity index (χ4v) is 6.38. The van der Waals surface area contributed by atoms with E-state index in [0.717, 1.165) is 0 Å². The lowest BCUT2D eigenvalue weighted by molar-refractivity contribution is 0.607. The highest BCUT2D eigenvalue weighted by Gasteiger charge is 2.22. The first-order chi connectivity index (χ1) is 23.0. The minimum Gasteiger partial charge on any atom is -0.0654 e. The minimum absolute atomic E-state index is 0.0673. The van der Waals surface area contributed by atoms with Crippen LogP contribution < -0.4 is 0 Å². The Morgan fingerprint density at radius 1 is 0.362 bits per heavy atom. The number of benzene rings is 4. The molecule has 0 saturated heterocycles. The molecule has 0 aliphatic carbocycles. The summed E-state index contributed by atoms with van der Waals surface area (Å²) in [6.45, 7) is 9.20. The molecule has 0 nitrogen and oxygen atoms in total. The summed E-state index contributed by atoms with van der Waals surface area (Å²) in [5.41, 5.74) is 10.5. The Morgan fingerprint density at radius 2 is 0.638 bits per heavy atom. The molecule has 0 N–H and O–H groups in total. The van der Waals surface area contributed by atoms with E-state index in [2.05, 4.69) is 149 Å². The fourth-order valence-electron chi connectivity index (χ4n) is 6.38. The summed E-state index contributed by atoms with van der Waals surface area (Å²) in [5, 5.41) is 0. The van der Waals surface area contributed by atoms with Gasteiger partial charge in [0, 0.05) is 5.41 Å². The molecule has 4 rings (SSSR count). The number of hydrogen-bond acceptors (Lipinski definition) is 0. The van der Waals surface area contributed by atoms with Gasteiger partial charge < -0.3 is 0 Å². The Bertz CT molecular complexity index is 1350. The SMILES string of the molecule is CCCCCCCCc1ccc(/C=C/c2ccc(C(C)(C)c3ccc(/C=C/c4ccc(CCCCCCCC)cc4)cc3)cc2)cc1. The van der Waals surface area contributed by atoms with Crippen molar-refractivity contribution in [1.29, 1.82) is 0 Å². The van der Waals surface area contributed by atoms with Gasteiger partial charge in [0.25, 0.3) is 0 Å². The molecule has 4 aromatic rings. The van der Waals surface area contributed by atoms with Crippen LogP contribution in [0.5, 0.6) is 0 Å². The highest BCUT2D eigenvalue weighted by Crippen LogP contribution is 2.32. The molecular weight excluding hydrogens is 565 g/mol. The third kappa shape index (κ3) is 12.5. The fraction of sp³-hybridized carbons (Fsp3) is 0.404. The van der Waals surface area contributed by atoms with Crippen molar-refractivity contribution in [1.82, 2.24) is 0 Å². The lowest BCUT2D eigenvalue weighted by Crippen LogP contribution is -2.18. The van der Waals surface area contributed by atoms with E-state index in [9.17, 15) is 0 Å². The molecule has 0 unspecified atom stereocenters. The highest BCUT2D eigenvalue weighted by molar-refractivity contribution is 5.71. The molecule has 0 heterocycles. The largest absolute Gasteiger partial charge is 0.0654 e. The summed E-state index contributed by atoms with van der Waals surface area (Å²) in [7, 11) is 0. The summed E-state index contributed by atoms with van der Waals surface area (Å²) < 4.78 is 0. The Labute approximate surface area is 288 Å². The third-order valence-electron chi connectivity index (χ3n) is 9.80. The summed E-state index contributed by atoms with van der Waals surface area (Å²) >= 11 is 0. The zero-order valence-corrected chi connectivity index (χ0v) is 29.9. The maximum Gasteiger partial charge on any atom is 0.0146 e. The normalized spacial score (nSPS) is 12.0. The lowest BCUT2D eigenvalue weighted by Gasteiger charge is -2.26. The Hall–Kier alpha value is -3.64. The second-order valence-electron chi connectivity index (χ2n) is 14.1. The van der Waals surface area contributed by atoms with Crippen LogP contribution in [-0.2, 0) is 18.3 Å². The Balaban J connectivity index is 1.25. The van der Waals surface area contributed by atoms with Crippen molar-refractivity contribution in [3.8, 4) is 0 Å². The van der Waals surface area contributed by atoms with Gasteiger partial charge in [-0.05, 0) is 70.2 Å². The molecule has 0 saturated carbocycles. The van der Waals surface area contributed by atoms with E-state index in [1.54, 1.807) is 0 Å². The molecular formula is C47H60. The monoisotopic (exact) mass is 624 g/mol. The predicted octanol–water partition coefficient (Wildman–Crippen LogP) is 14.2. The average Bonchev–Trinajstić information content (AvgIpc) is 3.11. The topological polar surface area (TPSA) is 0 Å². The molecule has 0 aromatic heterocycles. The van der Waals surface area contributed by atoms with Gasteiger partial charge in [-0.15, -0.1) is 0 Å². The molecule has 0 radical (unpaired) electrons. The van der Waals surface area contributed by atoms with Crippen molar-refractivity contribution >= 4 is 24.3 Å². The Morgan fingerprint density at radius 3 is 0.957 bits per heavy atom. The van der Waals surface area contributed by atoms with Gasteiger partial charge >= 0.3 is 0 Å². The highest BCUT2D eigenvalue weighted by atomic mass is 14.3. The van der Waals surface area contributed by atoms with E-state index < -0.39 is 0 Å². The molecule has 4 aromatic carbocycles. The van der Waals surface area contributed by atoms with E-state index in [0.29, 0.717) is 0 Å². The van der Waals surface area contributed by atoms with Crippen LogP contribution in [0.3, 0.4) is 0 Å². The van der Waals surface area contributed by atoms with E-state index in [-0.39, 0.29) is 5.41 Å². The first kappa shape index (κ1) is 36.2. The van der Waals surface area contributed by atoms with E-state index in [4.69, 9.17) is 0 Å². The predicted molar refractivity (Wildman–Crippen MR) is 210 cm³/mol. The summed E-state index contributed by atoms with van der Waals surface area (Å²) in [4.78, 5) is 0. The van der Waals surface area contributed by atoms with Crippen LogP contribution in [0, 0.1) is 0 Å². The van der Waals surface area contributed by atoms with Crippen LogP contribution in [0.15, 0.2) is 97.1 Å². The Kier molecular flexibility index (Phi) is 15.3. The molecule has 0 aliphatic heterocycles. The molecule has 0 atom stereocenters. The molecule has 0 heteroatoms. The maximum atomic E-state index is 2.32. The van der Waals surface area contributed by atoms with Gasteiger partial charge in [0.1, 0.15) is 0 Å². The van der Waals surface area contributed by atoms with E-state index >= 15 is 0 Å². The van der Waals surface area contributed by atoms with Crippen molar-refractivity contribution in [3.05, 3.63) is 142 Å². The van der Waals surface area contributed by atoms with Crippen LogP contribution in [0.1, 0.15) is 149 Å². The van der Waals surface area contributed by atoms with Crippen LogP contribution in [-0.4, -0.2) is 0 Å². The van der Waals surface area contributed by atoms with Crippen LogP contribution in [0.2, 0.25) is 0 Å². The van der Waals surface area contributed by atoms with Crippen LogP contribution >= 0.6 is 0 Å². The average molecular weight is 625 g/mol. The summed E-state index contributed by atoms with van der Waals surface area (Å²) in [6.07, 6.45) is 27.5. The molecule has 0 spiro atoms. The molecule has 0 aliphatic rings. The van der Waals surface area contributed by atoms with Crippen molar-refractivity contribution in [3.63, 3.8) is 0 Å². The van der Waals surface area contributed by atoms with Gasteiger partial charge in [-0.3, -0.25) is 0 Å². The zero-order valence-electron chi connectivity index (χ0n) is 29.9. The quantitative estimate of drug-likeness (QED) is 0.0678. The molecule has 0 amide bonds. The second kappa shape index (κ2) is 19.9. The van der Waals surface area contributed by atoms with Crippen LogP contribution in [0.4, 0.5) is 0 Å². The molecule has 0 fully saturated rings. The van der Waals surface area contributed by atoms with Crippen molar-refractivity contribution in [2.24, 2.45) is 0 Å². The number of aryl methyl sites for hydroxylation is 2. The van der Waals surface area contributed by atoms with E-state index in [1.807, 2.05) is 0 Å². The standard InChI is InChI=1S/C47H60/c1-5-7-9-11-13-15-17-39-19-23-41(24-20-39)27-29-43-31-35-45(36-32-43)47(3,4)46-37-33-44(34-38-46)30-28-42-25-21-40(22-26-42)18-16-14-12-10-8-6-2/h19-38H,5-18H2,1-4H3/b29-27+,30-28+. The first-order valence-electron chi connectivity index (χ1n) is 18.7. The van der Waals surface area contributed by atoms with E-state index in [1.165, 1.54) is 134 Å². The van der Waals surface area contributed by atoms with Gasteiger partial charge in [-0.25, -0.2) is 0 Å². The minimum atomic E-state index is -0.0673. The van der Waals surface area contributed by atoms with Crippen molar-refractivity contribution in [2.45, 2.75) is 123 Å². The van der Waals surface area contributed by atoms with Gasteiger partial charge in [0.15, 0.2) is 0 Å². The zero-order chi connectivity index (χ0) is 33.2. The number of hydrogen-bond donors (Lipinski definition) is 0. The summed E-state index contributed by atoms with van der Waals surface area (Å²) in [6, 6.07) is 36.3. The smallest absolute Gasteiger partial charge is 0.0146 e. The summed E-state index contributed by atoms with van der Waals surface area (Å²) in [5.74, 6) is 0. The van der Waals surface area contributed by atoms with Gasteiger partial charge in [0.05, 0.1) is 0 Å².